The van der Waals surface area contributed by atoms with E-state index in [4.69, 9.17) is 14.2 Å². The van der Waals surface area contributed by atoms with Crippen molar-refractivity contribution in [3.63, 3.8) is 0 Å². The van der Waals surface area contributed by atoms with Crippen molar-refractivity contribution in [2.45, 2.75) is 56.8 Å². The molecule has 30 nitrogen and oxygen atoms in total. The minimum absolute atomic E-state index is 0.0292. The zero-order valence-electron chi connectivity index (χ0n) is 54.7. The maximum atomic E-state index is 13.0. The molecule has 0 saturated heterocycles. The van der Waals surface area contributed by atoms with Crippen molar-refractivity contribution in [1.29, 1.82) is 0 Å². The smallest absolute Gasteiger partial charge is 0.279 e. The molecule has 0 aliphatic heterocycles. The second-order valence-electron chi connectivity index (χ2n) is 23.6. The predicted octanol–water partition coefficient (Wildman–Crippen LogP) is 8.00. The second kappa shape index (κ2) is 28.7. The molecular formula is C69H69N21O9. The van der Waals surface area contributed by atoms with Gasteiger partial charge in [0.2, 0.25) is 0 Å². The largest absolute Gasteiger partial charge is 0.381 e. The summed E-state index contributed by atoms with van der Waals surface area (Å²) < 4.78 is 25.0. The lowest BCUT2D eigenvalue weighted by Gasteiger charge is -2.11. The molecule has 6 atom stereocenters. The van der Waals surface area contributed by atoms with Gasteiger partial charge in [-0.1, -0.05) is 18.2 Å². The van der Waals surface area contributed by atoms with Gasteiger partial charge in [0.25, 0.3) is 16.7 Å². The molecule has 3 fully saturated rings. The Hall–Kier alpha value is -12.2. The van der Waals surface area contributed by atoms with Crippen molar-refractivity contribution in [2.75, 3.05) is 74.4 Å². The number of pyridine rings is 6. The Bertz CT molecular complexity index is 4650. The average molecular weight is 1340 g/mol. The molecule has 12 aromatic heterocycles. The molecule has 99 heavy (non-hydrogen) atoms. The number of carbonyl (C=O) groups is 3. The molecule has 504 valence electrons. The highest BCUT2D eigenvalue weighted by Gasteiger charge is 2.41. The number of hydrogen-bond acceptors (Lipinski definition) is 24. The van der Waals surface area contributed by atoms with Gasteiger partial charge < -0.3 is 46.1 Å². The number of rotatable bonds is 24. The van der Waals surface area contributed by atoms with Crippen LogP contribution in [0.15, 0.2) is 179 Å². The van der Waals surface area contributed by atoms with E-state index in [0.717, 1.165) is 19.3 Å². The van der Waals surface area contributed by atoms with Crippen LogP contribution in [-0.2, 0) is 14.2 Å². The number of fused-ring (bicyclic) bond motifs is 3. The number of aromatic nitrogens is 15. The quantitative estimate of drug-likeness (QED) is 0.0312. The lowest BCUT2D eigenvalue weighted by atomic mass is 10.1. The van der Waals surface area contributed by atoms with Gasteiger partial charge in [-0.15, -0.1) is 0 Å². The van der Waals surface area contributed by atoms with Crippen LogP contribution in [-0.4, -0.2) is 151 Å². The van der Waals surface area contributed by atoms with Crippen molar-refractivity contribution in [2.24, 2.45) is 17.8 Å². The average Bonchev–Trinajstić information content (AvgIpc) is 1.58. The van der Waals surface area contributed by atoms with Crippen LogP contribution in [0.1, 0.15) is 69.6 Å². The summed E-state index contributed by atoms with van der Waals surface area (Å²) in [7, 11) is 10.3. The summed E-state index contributed by atoms with van der Waals surface area (Å²) in [6.07, 6.45) is 18.8. The van der Waals surface area contributed by atoms with Gasteiger partial charge in [0.05, 0.1) is 53.6 Å². The highest BCUT2D eigenvalue weighted by Crippen LogP contribution is 2.40. The zero-order valence-corrected chi connectivity index (χ0v) is 54.7. The van der Waals surface area contributed by atoms with Gasteiger partial charge >= 0.3 is 0 Å². The Kier molecular flexibility index (Phi) is 19.0. The van der Waals surface area contributed by atoms with Crippen molar-refractivity contribution in [3.05, 3.63) is 213 Å². The number of anilines is 9. The number of ether oxygens (including phenoxy) is 3. The number of Topliss-reactive ketones (excluding diaryl/α,β-unsaturated/α-hetero) is 3. The summed E-state index contributed by atoms with van der Waals surface area (Å²) in [6, 6.07) is 31.6. The van der Waals surface area contributed by atoms with Gasteiger partial charge in [-0.3, -0.25) is 42.5 Å². The van der Waals surface area contributed by atoms with Crippen molar-refractivity contribution < 1.29 is 28.6 Å². The molecule has 12 aromatic rings. The van der Waals surface area contributed by atoms with Gasteiger partial charge in [0, 0.05) is 117 Å². The number of nitrogens with zero attached hydrogens (tertiary/aromatic N) is 15. The van der Waals surface area contributed by atoms with E-state index in [9.17, 15) is 28.8 Å². The molecule has 0 amide bonds. The first kappa shape index (κ1) is 65.5. The van der Waals surface area contributed by atoms with Crippen LogP contribution in [0.4, 0.5) is 52.0 Å². The SMILES string of the molecule is CNc1cc(Nc2cccn(-c3ccccn3)c2=O)nc2c(C(=O)CC3C[C@@H]3OC)cnn12.CNc1cc(Nc2cccn(-c3ccccn3)c2=O)nc2c(C(=O)C[C@@H]3C[C@H]3OC)cnn12.CNc1cc(Nc2cccn(-c3ccccn3)c2=O)nc2c(C(=O)C[C@H]3C[C@@H]3OC)cnn12. The van der Waals surface area contributed by atoms with Crippen molar-refractivity contribution >= 4 is 86.3 Å². The fourth-order valence-electron chi connectivity index (χ4n) is 11.6. The molecule has 1 unspecified atom stereocenters. The van der Waals surface area contributed by atoms with E-state index in [1.54, 1.807) is 184 Å². The molecule has 3 aliphatic carbocycles. The zero-order chi connectivity index (χ0) is 68.8. The third-order valence-corrected chi connectivity index (χ3v) is 17.2. The van der Waals surface area contributed by atoms with Crippen LogP contribution in [0.2, 0.25) is 0 Å². The summed E-state index contributed by atoms with van der Waals surface area (Å²) in [6.45, 7) is 0. The summed E-state index contributed by atoms with van der Waals surface area (Å²) in [5.74, 6) is 5.29. The first-order valence-corrected chi connectivity index (χ1v) is 31.8. The molecule has 30 heteroatoms. The van der Waals surface area contributed by atoms with E-state index < -0.39 is 0 Å². The van der Waals surface area contributed by atoms with Crippen molar-refractivity contribution in [1.82, 2.24) is 72.4 Å². The van der Waals surface area contributed by atoms with Crippen LogP contribution in [0, 0.1) is 17.8 Å². The number of hydrogen-bond donors (Lipinski definition) is 6. The van der Waals surface area contributed by atoms with E-state index in [0.29, 0.717) is 122 Å². The maximum Gasteiger partial charge on any atom is 0.279 e. The van der Waals surface area contributed by atoms with Gasteiger partial charge in [-0.25, -0.2) is 29.9 Å². The molecule has 0 radical (unpaired) electrons. The Morgan fingerprint density at radius 2 is 0.717 bits per heavy atom. The third kappa shape index (κ3) is 14.1. The fraction of sp³-hybridized carbons (Fsp3) is 0.261. The van der Waals surface area contributed by atoms with Gasteiger partial charge in [0.15, 0.2) is 34.3 Å². The fourth-order valence-corrected chi connectivity index (χ4v) is 11.6. The molecule has 3 aliphatic rings. The number of carbonyl (C=O) groups excluding carboxylic acids is 3. The summed E-state index contributed by atoms with van der Waals surface area (Å²) >= 11 is 0. The topological polar surface area (TPSA) is 346 Å². The maximum absolute atomic E-state index is 13.0. The standard InChI is InChI=1S/3C23H23N7O3/c3*1-24-21-12-19(27-16-6-5-9-29(23(16)32)20-7-3-4-8-25-20)28-22-15(13-26-30(21)22)17(31)10-14-11-18(14)33-2/h3*3-9,12-14,18,24H,10-11H2,1-2H3,(H,27,28)/t14?,18-;2*14-,18-/m010/s1. The number of methoxy groups -OCH3 is 3. The lowest BCUT2D eigenvalue weighted by molar-refractivity contribution is 0.0952. The van der Waals surface area contributed by atoms with E-state index in [2.05, 4.69) is 77.1 Å². The normalized spacial score (nSPS) is 17.2. The van der Waals surface area contributed by atoms with E-state index in [1.165, 1.54) is 32.3 Å². The van der Waals surface area contributed by atoms with Crippen LogP contribution >= 0.6 is 0 Å². The molecule has 0 bridgehead atoms. The van der Waals surface area contributed by atoms with Crippen LogP contribution in [0.3, 0.4) is 0 Å². The molecule has 0 spiro atoms. The Labute approximate surface area is 564 Å². The molecule has 15 rings (SSSR count). The highest BCUT2D eigenvalue weighted by atomic mass is 16.5. The monoisotopic (exact) mass is 1340 g/mol. The summed E-state index contributed by atoms with van der Waals surface area (Å²) in [5.41, 5.74) is 2.76. The number of nitrogens with one attached hydrogen (secondary N) is 6. The van der Waals surface area contributed by atoms with E-state index in [1.807, 2.05) is 18.2 Å². The van der Waals surface area contributed by atoms with E-state index in [-0.39, 0.29) is 70.1 Å². The lowest BCUT2D eigenvalue weighted by Crippen LogP contribution is -2.21. The molecule has 0 aromatic carbocycles. The predicted molar refractivity (Wildman–Crippen MR) is 371 cm³/mol. The highest BCUT2D eigenvalue weighted by molar-refractivity contribution is 6.03. The van der Waals surface area contributed by atoms with E-state index >= 15 is 0 Å². The first-order chi connectivity index (χ1) is 48.3. The second-order valence-corrected chi connectivity index (χ2v) is 23.6. The Morgan fingerprint density at radius 1 is 0.424 bits per heavy atom. The Morgan fingerprint density at radius 3 is 0.960 bits per heavy atom. The minimum atomic E-state index is -0.270. The molecule has 6 N–H and O–H groups in total. The summed E-state index contributed by atoms with van der Waals surface area (Å²) in [5, 5.41) is 31.5. The Balaban J connectivity index is 0.000000133. The molecule has 3 saturated carbocycles. The van der Waals surface area contributed by atoms with Crippen LogP contribution in [0.25, 0.3) is 34.4 Å². The third-order valence-electron chi connectivity index (χ3n) is 17.2. The van der Waals surface area contributed by atoms with Gasteiger partial charge in [-0.05, 0) is 110 Å². The van der Waals surface area contributed by atoms with Gasteiger partial charge in [0.1, 0.15) is 69.4 Å². The molecule has 12 heterocycles. The van der Waals surface area contributed by atoms with Crippen molar-refractivity contribution in [3.8, 4) is 17.5 Å². The van der Waals surface area contributed by atoms with Gasteiger partial charge in [-0.2, -0.15) is 28.8 Å². The summed E-state index contributed by atoms with van der Waals surface area (Å²) in [4.78, 5) is 104. The minimum Gasteiger partial charge on any atom is -0.381 e. The van der Waals surface area contributed by atoms with Crippen LogP contribution in [0.5, 0.6) is 0 Å². The van der Waals surface area contributed by atoms with Crippen LogP contribution < -0.4 is 48.6 Å². The first-order valence-electron chi connectivity index (χ1n) is 31.8. The number of ketones is 3. The molecular weight excluding hydrogens is 1270 g/mol.